The van der Waals surface area contributed by atoms with E-state index in [9.17, 15) is 0 Å². The van der Waals surface area contributed by atoms with E-state index in [4.69, 9.17) is 10.5 Å². The molecular weight excluding hydrogens is 234 g/mol. The fourth-order valence-electron chi connectivity index (χ4n) is 2.62. The lowest BCUT2D eigenvalue weighted by molar-refractivity contribution is 0.281. The van der Waals surface area contributed by atoms with Gasteiger partial charge in [0.15, 0.2) is 0 Å². The Balaban J connectivity index is 1.79. The lowest BCUT2D eigenvalue weighted by Gasteiger charge is -2.28. The predicted molar refractivity (Wildman–Crippen MR) is 77.0 cm³/mol. The average Bonchev–Trinajstić information content (AvgIpc) is 3.25. The summed E-state index contributed by atoms with van der Waals surface area (Å²) in [5.41, 5.74) is 8.89. The summed E-state index contributed by atoms with van der Waals surface area (Å²) >= 11 is 0. The van der Waals surface area contributed by atoms with Crippen LogP contribution in [0.5, 0.6) is 0 Å². The molecule has 1 saturated heterocycles. The van der Waals surface area contributed by atoms with Crippen LogP contribution in [0.2, 0.25) is 0 Å². The van der Waals surface area contributed by atoms with Crippen LogP contribution < -0.4 is 5.73 Å². The van der Waals surface area contributed by atoms with Gasteiger partial charge in [-0.05, 0) is 24.0 Å². The minimum Gasteiger partial charge on any atom is -0.371 e. The van der Waals surface area contributed by atoms with Gasteiger partial charge < -0.3 is 10.5 Å². The Kier molecular flexibility index (Phi) is 3.36. The molecule has 0 saturated carbocycles. The van der Waals surface area contributed by atoms with E-state index in [-0.39, 0.29) is 11.6 Å². The molecule has 0 spiro atoms. The van der Waals surface area contributed by atoms with Crippen LogP contribution in [0.1, 0.15) is 11.1 Å². The van der Waals surface area contributed by atoms with E-state index < -0.39 is 0 Å². The summed E-state index contributed by atoms with van der Waals surface area (Å²) in [6.45, 7) is 0.788. The zero-order valence-corrected chi connectivity index (χ0v) is 11.0. The van der Waals surface area contributed by atoms with Crippen molar-refractivity contribution in [3.63, 3.8) is 0 Å². The van der Waals surface area contributed by atoms with Crippen molar-refractivity contribution in [3.05, 3.63) is 71.8 Å². The number of epoxide rings is 1. The summed E-state index contributed by atoms with van der Waals surface area (Å²) < 4.78 is 5.49. The molecule has 0 aromatic heterocycles. The summed E-state index contributed by atoms with van der Waals surface area (Å²) in [7, 11) is 0. The topological polar surface area (TPSA) is 38.5 Å². The van der Waals surface area contributed by atoms with Crippen molar-refractivity contribution < 1.29 is 4.74 Å². The molecule has 1 unspecified atom stereocenters. The van der Waals surface area contributed by atoms with Gasteiger partial charge in [0.05, 0.1) is 18.2 Å². The van der Waals surface area contributed by atoms with Crippen molar-refractivity contribution in [1.29, 1.82) is 0 Å². The van der Waals surface area contributed by atoms with Gasteiger partial charge in [-0.1, -0.05) is 60.7 Å². The van der Waals surface area contributed by atoms with Crippen molar-refractivity contribution >= 4 is 0 Å². The molecule has 2 nitrogen and oxygen atoms in total. The summed E-state index contributed by atoms with van der Waals surface area (Å²) in [5, 5.41) is 0. The van der Waals surface area contributed by atoms with Gasteiger partial charge in [0, 0.05) is 0 Å². The molecule has 0 amide bonds. The molecule has 2 heteroatoms. The standard InChI is InChI=1S/C17H19NO/c18-17(16-13-19-16,11-14-7-3-1-4-8-14)12-15-9-5-2-6-10-15/h1-10,16H,11-13,18H2. The molecule has 2 N–H and O–H groups in total. The minimum atomic E-state index is -0.303. The van der Waals surface area contributed by atoms with E-state index in [2.05, 4.69) is 48.5 Å². The van der Waals surface area contributed by atoms with Crippen molar-refractivity contribution in [2.24, 2.45) is 5.73 Å². The second kappa shape index (κ2) is 5.16. The van der Waals surface area contributed by atoms with E-state index in [0.717, 1.165) is 19.4 Å². The Bertz CT molecular complexity index is 478. The van der Waals surface area contributed by atoms with E-state index in [1.165, 1.54) is 11.1 Å². The highest BCUT2D eigenvalue weighted by Gasteiger charge is 2.43. The molecule has 1 fully saturated rings. The average molecular weight is 253 g/mol. The van der Waals surface area contributed by atoms with Crippen LogP contribution >= 0.6 is 0 Å². The van der Waals surface area contributed by atoms with Crippen LogP contribution in [-0.2, 0) is 17.6 Å². The zero-order chi connectivity index (χ0) is 13.1. The summed E-state index contributed by atoms with van der Waals surface area (Å²) in [6.07, 6.45) is 1.90. The SMILES string of the molecule is NC(Cc1ccccc1)(Cc1ccccc1)C1CO1. The first-order valence-electron chi connectivity index (χ1n) is 6.75. The molecule has 0 radical (unpaired) electrons. The molecular formula is C17H19NO. The molecule has 1 aliphatic rings. The number of hydrogen-bond donors (Lipinski definition) is 1. The quantitative estimate of drug-likeness (QED) is 0.832. The Morgan fingerprint density at radius 1 is 0.895 bits per heavy atom. The van der Waals surface area contributed by atoms with Gasteiger partial charge in [-0.3, -0.25) is 0 Å². The fourth-order valence-corrected chi connectivity index (χ4v) is 2.62. The van der Waals surface area contributed by atoms with Gasteiger partial charge >= 0.3 is 0 Å². The lowest BCUT2D eigenvalue weighted by Crippen LogP contribution is -2.49. The van der Waals surface area contributed by atoms with Crippen molar-refractivity contribution in [2.75, 3.05) is 6.61 Å². The maximum atomic E-state index is 6.64. The maximum Gasteiger partial charge on any atom is 0.0995 e. The largest absolute Gasteiger partial charge is 0.371 e. The van der Waals surface area contributed by atoms with Crippen molar-refractivity contribution in [1.82, 2.24) is 0 Å². The molecule has 98 valence electrons. The van der Waals surface area contributed by atoms with Crippen molar-refractivity contribution in [3.8, 4) is 0 Å². The Morgan fingerprint density at radius 3 is 1.68 bits per heavy atom. The molecule has 1 aliphatic heterocycles. The third-order valence-electron chi connectivity index (χ3n) is 3.73. The molecule has 0 aliphatic carbocycles. The second-order valence-corrected chi connectivity index (χ2v) is 5.38. The van der Waals surface area contributed by atoms with Gasteiger partial charge in [-0.15, -0.1) is 0 Å². The first kappa shape index (κ1) is 12.4. The summed E-state index contributed by atoms with van der Waals surface area (Å²) in [6, 6.07) is 20.9. The van der Waals surface area contributed by atoms with Gasteiger partial charge in [-0.25, -0.2) is 0 Å². The highest BCUT2D eigenvalue weighted by Crippen LogP contribution is 2.29. The zero-order valence-electron chi connectivity index (χ0n) is 11.0. The van der Waals surface area contributed by atoms with Crippen LogP contribution in [0.25, 0.3) is 0 Å². The molecule has 3 rings (SSSR count). The van der Waals surface area contributed by atoms with Crippen LogP contribution in [0.3, 0.4) is 0 Å². The first-order valence-corrected chi connectivity index (χ1v) is 6.75. The Labute approximate surface area is 114 Å². The molecule has 0 bridgehead atoms. The van der Waals surface area contributed by atoms with Gasteiger partial charge in [-0.2, -0.15) is 0 Å². The van der Waals surface area contributed by atoms with Crippen LogP contribution in [0.4, 0.5) is 0 Å². The number of hydrogen-bond acceptors (Lipinski definition) is 2. The third-order valence-corrected chi connectivity index (χ3v) is 3.73. The van der Waals surface area contributed by atoms with Crippen LogP contribution in [0, 0.1) is 0 Å². The molecule has 19 heavy (non-hydrogen) atoms. The third kappa shape index (κ3) is 3.03. The fraction of sp³-hybridized carbons (Fsp3) is 0.294. The number of benzene rings is 2. The highest BCUT2D eigenvalue weighted by atomic mass is 16.6. The number of ether oxygens (including phenoxy) is 1. The normalized spacial score (nSPS) is 18.3. The number of rotatable bonds is 5. The minimum absolute atomic E-state index is 0.188. The van der Waals surface area contributed by atoms with E-state index in [1.807, 2.05) is 12.1 Å². The molecule has 1 heterocycles. The number of nitrogens with two attached hydrogens (primary N) is 1. The van der Waals surface area contributed by atoms with Gasteiger partial charge in [0.2, 0.25) is 0 Å². The molecule has 1 atom stereocenters. The summed E-state index contributed by atoms with van der Waals surface area (Å²) in [5.74, 6) is 0. The van der Waals surface area contributed by atoms with Crippen LogP contribution in [0.15, 0.2) is 60.7 Å². The van der Waals surface area contributed by atoms with Crippen LogP contribution in [-0.4, -0.2) is 18.2 Å². The molecule has 2 aromatic carbocycles. The first-order chi connectivity index (χ1) is 9.26. The predicted octanol–water partition coefficient (Wildman–Crippen LogP) is 2.57. The lowest BCUT2D eigenvalue weighted by atomic mass is 9.83. The maximum absolute atomic E-state index is 6.64. The van der Waals surface area contributed by atoms with Gasteiger partial charge in [0.1, 0.15) is 0 Å². The summed E-state index contributed by atoms with van der Waals surface area (Å²) in [4.78, 5) is 0. The highest BCUT2D eigenvalue weighted by molar-refractivity contribution is 5.24. The Morgan fingerprint density at radius 2 is 1.32 bits per heavy atom. The van der Waals surface area contributed by atoms with Gasteiger partial charge in [0.25, 0.3) is 0 Å². The second-order valence-electron chi connectivity index (χ2n) is 5.38. The monoisotopic (exact) mass is 253 g/mol. The van der Waals surface area contributed by atoms with E-state index in [1.54, 1.807) is 0 Å². The van der Waals surface area contributed by atoms with Crippen molar-refractivity contribution in [2.45, 2.75) is 24.5 Å². The van der Waals surface area contributed by atoms with E-state index >= 15 is 0 Å². The Hall–Kier alpha value is -1.64. The smallest absolute Gasteiger partial charge is 0.0995 e. The van der Waals surface area contributed by atoms with E-state index in [0.29, 0.717) is 0 Å². The molecule has 2 aromatic rings.